The highest BCUT2D eigenvalue weighted by molar-refractivity contribution is 5.94. The highest BCUT2D eigenvalue weighted by atomic mass is 19.2. The lowest BCUT2D eigenvalue weighted by Gasteiger charge is -2.28. The van der Waals surface area contributed by atoms with Crippen LogP contribution in [-0.4, -0.2) is 48.4 Å². The lowest BCUT2D eigenvalue weighted by molar-refractivity contribution is 0.0689. The van der Waals surface area contributed by atoms with E-state index in [1.165, 1.54) is 4.90 Å². The second-order valence-corrected chi connectivity index (χ2v) is 5.14. The van der Waals surface area contributed by atoms with E-state index in [1.54, 1.807) is 6.92 Å². The maximum absolute atomic E-state index is 13.7. The van der Waals surface area contributed by atoms with Gasteiger partial charge in [0.15, 0.2) is 23.3 Å². The van der Waals surface area contributed by atoms with Gasteiger partial charge < -0.3 is 9.80 Å². The molecule has 1 atom stereocenters. The minimum Gasteiger partial charge on any atom is -0.335 e. The third kappa shape index (κ3) is 2.88. The fraction of sp³-hybridized carbons (Fsp3) is 0.500. The summed E-state index contributed by atoms with van der Waals surface area (Å²) in [7, 11) is 1.89. The molecule has 1 aliphatic rings. The minimum atomic E-state index is -1.96. The van der Waals surface area contributed by atoms with Gasteiger partial charge in [-0.15, -0.1) is 0 Å². The number of hydrogen-bond acceptors (Lipinski definition) is 2. The van der Waals surface area contributed by atoms with Gasteiger partial charge in [0.1, 0.15) is 0 Å². The van der Waals surface area contributed by atoms with Gasteiger partial charge in [-0.1, -0.05) is 0 Å². The second kappa shape index (κ2) is 6.01. The van der Waals surface area contributed by atoms with Crippen molar-refractivity contribution in [3.8, 4) is 0 Å². The van der Waals surface area contributed by atoms with Gasteiger partial charge in [0.2, 0.25) is 0 Å². The monoisotopic (exact) mass is 304 g/mol. The van der Waals surface area contributed by atoms with Crippen LogP contribution in [0.4, 0.5) is 17.6 Å². The normalized spacial score (nSPS) is 19.0. The lowest BCUT2D eigenvalue weighted by Crippen LogP contribution is -2.42. The maximum Gasteiger partial charge on any atom is 0.257 e. The molecule has 1 aromatic rings. The molecule has 7 heteroatoms. The first-order valence-electron chi connectivity index (χ1n) is 6.69. The van der Waals surface area contributed by atoms with E-state index >= 15 is 0 Å². The van der Waals surface area contributed by atoms with Crippen LogP contribution < -0.4 is 0 Å². The number of carbonyl (C=O) groups excluding carboxylic acids is 1. The highest BCUT2D eigenvalue weighted by Gasteiger charge is 2.32. The molecule has 1 amide bonds. The van der Waals surface area contributed by atoms with Crippen LogP contribution in [-0.2, 0) is 0 Å². The van der Waals surface area contributed by atoms with Crippen LogP contribution in [0.3, 0.4) is 0 Å². The van der Waals surface area contributed by atoms with Crippen molar-refractivity contribution in [3.05, 3.63) is 34.9 Å². The highest BCUT2D eigenvalue weighted by Crippen LogP contribution is 2.22. The minimum absolute atomic E-state index is 0.150. The zero-order chi connectivity index (χ0) is 15.7. The number of likely N-dealkylation sites (tertiary alicyclic amines) is 1. The van der Waals surface area contributed by atoms with Crippen molar-refractivity contribution >= 4 is 5.91 Å². The Morgan fingerprint density at radius 1 is 1.29 bits per heavy atom. The van der Waals surface area contributed by atoms with Gasteiger partial charge in [0, 0.05) is 19.1 Å². The molecule has 0 bridgehead atoms. The van der Waals surface area contributed by atoms with Crippen molar-refractivity contribution in [1.29, 1.82) is 0 Å². The molecule has 0 aromatic heterocycles. The molecule has 0 aliphatic carbocycles. The summed E-state index contributed by atoms with van der Waals surface area (Å²) in [5, 5.41) is 0. The molecular formula is C14H16F4N2O. The Morgan fingerprint density at radius 3 is 2.48 bits per heavy atom. The largest absolute Gasteiger partial charge is 0.335 e. The first kappa shape index (κ1) is 15.8. The van der Waals surface area contributed by atoms with Crippen molar-refractivity contribution in [2.75, 3.05) is 26.7 Å². The summed E-state index contributed by atoms with van der Waals surface area (Å²) >= 11 is 0. The molecule has 0 saturated carbocycles. The Balaban J connectivity index is 2.34. The Bertz CT molecular complexity index is 564. The molecule has 0 N–H and O–H groups in total. The Hall–Kier alpha value is -1.63. The average molecular weight is 304 g/mol. The van der Waals surface area contributed by atoms with Crippen LogP contribution in [0.2, 0.25) is 0 Å². The standard InChI is InChI=1S/C14H16F4N2O/c1-3-20(8-4-5-19(2)7-8)14(21)9-6-10(15)12(17)13(18)11(9)16/h6,8H,3-5,7H2,1-2H3. The fourth-order valence-electron chi connectivity index (χ4n) is 2.62. The quantitative estimate of drug-likeness (QED) is 0.486. The third-order valence-electron chi connectivity index (χ3n) is 3.74. The Kier molecular flexibility index (Phi) is 4.51. The SMILES string of the molecule is CCN(C(=O)c1cc(F)c(F)c(F)c1F)C1CCN(C)C1. The molecule has 21 heavy (non-hydrogen) atoms. The van der Waals surface area contributed by atoms with Crippen LogP contribution >= 0.6 is 0 Å². The van der Waals surface area contributed by atoms with E-state index in [2.05, 4.69) is 0 Å². The van der Waals surface area contributed by atoms with Gasteiger partial charge in [-0.05, 0) is 33.0 Å². The van der Waals surface area contributed by atoms with Gasteiger partial charge >= 0.3 is 0 Å². The van der Waals surface area contributed by atoms with E-state index in [-0.39, 0.29) is 12.6 Å². The molecule has 116 valence electrons. The van der Waals surface area contributed by atoms with Gasteiger partial charge in [0.25, 0.3) is 5.91 Å². The number of nitrogens with zero attached hydrogens (tertiary/aromatic N) is 2. The molecule has 1 unspecified atom stereocenters. The first-order valence-corrected chi connectivity index (χ1v) is 6.69. The molecule has 1 aromatic carbocycles. The summed E-state index contributed by atoms with van der Waals surface area (Å²) in [6, 6.07) is 0.264. The number of carbonyl (C=O) groups is 1. The number of rotatable bonds is 3. The Morgan fingerprint density at radius 2 is 1.95 bits per heavy atom. The molecule has 2 rings (SSSR count). The molecular weight excluding hydrogens is 288 g/mol. The molecule has 1 heterocycles. The van der Waals surface area contributed by atoms with E-state index in [1.807, 2.05) is 11.9 Å². The summed E-state index contributed by atoms with van der Waals surface area (Å²) in [6.45, 7) is 3.36. The number of benzene rings is 1. The third-order valence-corrected chi connectivity index (χ3v) is 3.74. The number of likely N-dealkylation sites (N-methyl/N-ethyl adjacent to an activating group) is 2. The van der Waals surface area contributed by atoms with E-state index in [0.717, 1.165) is 6.54 Å². The van der Waals surface area contributed by atoms with Crippen molar-refractivity contribution in [1.82, 2.24) is 9.80 Å². The van der Waals surface area contributed by atoms with Crippen LogP contribution in [0.15, 0.2) is 6.07 Å². The van der Waals surface area contributed by atoms with E-state index in [4.69, 9.17) is 0 Å². The lowest BCUT2D eigenvalue weighted by atomic mass is 10.1. The number of amides is 1. The summed E-state index contributed by atoms with van der Waals surface area (Å²) in [5.74, 6) is -7.92. The second-order valence-electron chi connectivity index (χ2n) is 5.14. The topological polar surface area (TPSA) is 23.6 Å². The summed E-state index contributed by atoms with van der Waals surface area (Å²) in [4.78, 5) is 15.7. The predicted octanol–water partition coefficient (Wildman–Crippen LogP) is 2.41. The van der Waals surface area contributed by atoms with E-state index in [0.29, 0.717) is 19.0 Å². The van der Waals surface area contributed by atoms with E-state index in [9.17, 15) is 22.4 Å². The van der Waals surface area contributed by atoms with Gasteiger partial charge in [-0.3, -0.25) is 4.79 Å². The smallest absolute Gasteiger partial charge is 0.257 e. The molecule has 0 radical (unpaired) electrons. The maximum atomic E-state index is 13.7. The number of hydrogen-bond donors (Lipinski definition) is 0. The van der Waals surface area contributed by atoms with Crippen LogP contribution in [0, 0.1) is 23.3 Å². The molecule has 3 nitrogen and oxygen atoms in total. The van der Waals surface area contributed by atoms with Crippen molar-refractivity contribution < 1.29 is 22.4 Å². The van der Waals surface area contributed by atoms with Crippen LogP contribution in [0.25, 0.3) is 0 Å². The first-order chi connectivity index (χ1) is 9.86. The van der Waals surface area contributed by atoms with Crippen molar-refractivity contribution in [2.24, 2.45) is 0 Å². The molecule has 0 spiro atoms. The summed E-state index contributed by atoms with van der Waals surface area (Å²) < 4.78 is 53.1. The molecule has 1 saturated heterocycles. The fourth-order valence-corrected chi connectivity index (χ4v) is 2.62. The van der Waals surface area contributed by atoms with Crippen LogP contribution in [0.1, 0.15) is 23.7 Å². The van der Waals surface area contributed by atoms with Gasteiger partial charge in [0.05, 0.1) is 5.56 Å². The van der Waals surface area contributed by atoms with Gasteiger partial charge in [-0.2, -0.15) is 0 Å². The molecule has 1 aliphatic heterocycles. The zero-order valence-corrected chi connectivity index (χ0v) is 11.8. The van der Waals surface area contributed by atoms with Gasteiger partial charge in [-0.25, -0.2) is 17.6 Å². The van der Waals surface area contributed by atoms with Crippen LogP contribution in [0.5, 0.6) is 0 Å². The van der Waals surface area contributed by atoms with E-state index < -0.39 is 34.7 Å². The summed E-state index contributed by atoms with van der Waals surface area (Å²) in [5.41, 5.74) is -0.775. The average Bonchev–Trinajstić information content (AvgIpc) is 2.87. The number of halogens is 4. The zero-order valence-electron chi connectivity index (χ0n) is 11.8. The Labute approximate surface area is 120 Å². The predicted molar refractivity (Wildman–Crippen MR) is 68.9 cm³/mol. The summed E-state index contributed by atoms with van der Waals surface area (Å²) in [6.07, 6.45) is 0.698. The van der Waals surface area contributed by atoms with Crippen molar-refractivity contribution in [2.45, 2.75) is 19.4 Å². The molecule has 1 fully saturated rings. The van der Waals surface area contributed by atoms with Crippen molar-refractivity contribution in [3.63, 3.8) is 0 Å².